The molecule has 1 heterocycles. The first-order valence-electron chi connectivity index (χ1n) is 5.41. The summed E-state index contributed by atoms with van der Waals surface area (Å²) in [5.74, 6) is 1.22. The molecule has 0 aliphatic rings. The second-order valence-corrected chi connectivity index (χ2v) is 3.70. The second-order valence-electron chi connectivity index (χ2n) is 3.70. The van der Waals surface area contributed by atoms with Crippen molar-refractivity contribution in [2.45, 2.75) is 25.8 Å². The molecule has 1 unspecified atom stereocenters. The van der Waals surface area contributed by atoms with Crippen molar-refractivity contribution in [1.29, 1.82) is 0 Å². The number of nitrogens with two attached hydrogens (primary N) is 1. The Morgan fingerprint density at radius 1 is 1.31 bits per heavy atom. The molecular weight excluding hydrogens is 202 g/mol. The minimum Gasteiger partial charge on any atom is -0.338 e. The van der Waals surface area contributed by atoms with Gasteiger partial charge in [0.1, 0.15) is 0 Å². The lowest BCUT2D eigenvalue weighted by atomic mass is 10.1. The van der Waals surface area contributed by atoms with Crippen LogP contribution in [0.15, 0.2) is 34.9 Å². The summed E-state index contributed by atoms with van der Waals surface area (Å²) < 4.78 is 5.10. The molecule has 1 atom stereocenters. The molecule has 4 heteroatoms. The van der Waals surface area contributed by atoms with Crippen LogP contribution in [0.5, 0.6) is 0 Å². The van der Waals surface area contributed by atoms with E-state index in [1.807, 2.05) is 37.3 Å². The van der Waals surface area contributed by atoms with Gasteiger partial charge >= 0.3 is 0 Å². The van der Waals surface area contributed by atoms with Crippen LogP contribution in [0.1, 0.15) is 30.2 Å². The number of hydrogen-bond donors (Lipinski definition) is 1. The van der Waals surface area contributed by atoms with Gasteiger partial charge in [0.15, 0.2) is 5.82 Å². The second kappa shape index (κ2) is 4.90. The SMILES string of the molecule is CCc1noc(C(N)Cc2ccccc2)n1. The van der Waals surface area contributed by atoms with Crippen LogP contribution < -0.4 is 5.73 Å². The lowest BCUT2D eigenvalue weighted by molar-refractivity contribution is 0.350. The van der Waals surface area contributed by atoms with Gasteiger partial charge in [-0.25, -0.2) is 0 Å². The number of benzene rings is 1. The van der Waals surface area contributed by atoms with Crippen LogP contribution in [0.2, 0.25) is 0 Å². The van der Waals surface area contributed by atoms with E-state index in [9.17, 15) is 0 Å². The van der Waals surface area contributed by atoms with Gasteiger partial charge in [0.25, 0.3) is 0 Å². The standard InChI is InChI=1S/C12H15N3O/c1-2-11-14-12(16-15-11)10(13)8-9-6-4-3-5-7-9/h3-7,10H,2,8,13H2,1H3. The summed E-state index contributed by atoms with van der Waals surface area (Å²) in [6, 6.07) is 9.82. The molecule has 0 amide bonds. The summed E-state index contributed by atoms with van der Waals surface area (Å²) in [6.07, 6.45) is 1.48. The fourth-order valence-electron chi connectivity index (χ4n) is 1.52. The van der Waals surface area contributed by atoms with Crippen molar-refractivity contribution < 1.29 is 4.52 Å². The number of aromatic nitrogens is 2. The number of hydrogen-bond acceptors (Lipinski definition) is 4. The Bertz CT molecular complexity index is 439. The van der Waals surface area contributed by atoms with Crippen LogP contribution in [0.4, 0.5) is 0 Å². The van der Waals surface area contributed by atoms with Crippen LogP contribution in [-0.2, 0) is 12.8 Å². The first-order chi connectivity index (χ1) is 7.79. The van der Waals surface area contributed by atoms with E-state index in [0.29, 0.717) is 18.1 Å². The van der Waals surface area contributed by atoms with E-state index in [-0.39, 0.29) is 6.04 Å². The van der Waals surface area contributed by atoms with Gasteiger partial charge in [0.2, 0.25) is 5.89 Å². The molecule has 16 heavy (non-hydrogen) atoms. The number of aryl methyl sites for hydroxylation is 1. The average molecular weight is 217 g/mol. The summed E-state index contributed by atoms with van der Waals surface area (Å²) in [4.78, 5) is 4.22. The summed E-state index contributed by atoms with van der Waals surface area (Å²) in [6.45, 7) is 1.98. The first-order valence-corrected chi connectivity index (χ1v) is 5.41. The smallest absolute Gasteiger partial charge is 0.243 e. The van der Waals surface area contributed by atoms with Crippen molar-refractivity contribution in [1.82, 2.24) is 10.1 Å². The van der Waals surface area contributed by atoms with Crippen molar-refractivity contribution >= 4 is 0 Å². The third-order valence-corrected chi connectivity index (χ3v) is 2.42. The van der Waals surface area contributed by atoms with Gasteiger partial charge < -0.3 is 10.3 Å². The Balaban J connectivity index is 2.05. The third kappa shape index (κ3) is 2.46. The van der Waals surface area contributed by atoms with E-state index >= 15 is 0 Å². The molecule has 4 nitrogen and oxygen atoms in total. The van der Waals surface area contributed by atoms with Crippen LogP contribution in [0.3, 0.4) is 0 Å². The van der Waals surface area contributed by atoms with E-state index in [4.69, 9.17) is 10.3 Å². The molecule has 2 N–H and O–H groups in total. The zero-order valence-electron chi connectivity index (χ0n) is 9.26. The molecule has 1 aromatic heterocycles. The molecule has 0 radical (unpaired) electrons. The van der Waals surface area contributed by atoms with E-state index in [0.717, 1.165) is 6.42 Å². The van der Waals surface area contributed by atoms with Gasteiger partial charge in [0, 0.05) is 6.42 Å². The topological polar surface area (TPSA) is 64.9 Å². The Hall–Kier alpha value is -1.68. The molecule has 0 spiro atoms. The van der Waals surface area contributed by atoms with Crippen LogP contribution in [0.25, 0.3) is 0 Å². The average Bonchev–Trinajstić information content (AvgIpc) is 2.79. The predicted molar refractivity (Wildman–Crippen MR) is 60.8 cm³/mol. The molecule has 0 saturated carbocycles. The third-order valence-electron chi connectivity index (χ3n) is 2.42. The summed E-state index contributed by atoms with van der Waals surface area (Å²) in [7, 11) is 0. The molecular formula is C12H15N3O. The Morgan fingerprint density at radius 2 is 2.06 bits per heavy atom. The molecule has 2 aromatic rings. The molecule has 0 bridgehead atoms. The number of rotatable bonds is 4. The Labute approximate surface area is 94.5 Å². The maximum Gasteiger partial charge on any atom is 0.243 e. The van der Waals surface area contributed by atoms with Crippen molar-refractivity contribution in [2.75, 3.05) is 0 Å². The van der Waals surface area contributed by atoms with Crippen molar-refractivity contribution in [3.8, 4) is 0 Å². The Kier molecular flexibility index (Phi) is 3.31. The van der Waals surface area contributed by atoms with Gasteiger partial charge in [-0.3, -0.25) is 0 Å². The van der Waals surface area contributed by atoms with Crippen LogP contribution >= 0.6 is 0 Å². The fourth-order valence-corrected chi connectivity index (χ4v) is 1.52. The van der Waals surface area contributed by atoms with Gasteiger partial charge in [-0.1, -0.05) is 42.4 Å². The van der Waals surface area contributed by atoms with E-state index in [1.54, 1.807) is 0 Å². The Morgan fingerprint density at radius 3 is 2.69 bits per heavy atom. The molecule has 0 aliphatic carbocycles. The monoisotopic (exact) mass is 217 g/mol. The zero-order chi connectivity index (χ0) is 11.4. The van der Waals surface area contributed by atoms with E-state index in [2.05, 4.69) is 10.1 Å². The van der Waals surface area contributed by atoms with E-state index < -0.39 is 0 Å². The zero-order valence-corrected chi connectivity index (χ0v) is 9.26. The highest BCUT2D eigenvalue weighted by molar-refractivity contribution is 5.16. The predicted octanol–water partition coefficient (Wildman–Crippen LogP) is 1.87. The van der Waals surface area contributed by atoms with Gasteiger partial charge in [-0.05, 0) is 12.0 Å². The summed E-state index contributed by atoms with van der Waals surface area (Å²) >= 11 is 0. The largest absolute Gasteiger partial charge is 0.338 e. The van der Waals surface area contributed by atoms with Crippen molar-refractivity contribution in [3.63, 3.8) is 0 Å². The lowest BCUT2D eigenvalue weighted by Gasteiger charge is -2.05. The molecule has 1 aromatic carbocycles. The minimum absolute atomic E-state index is 0.227. The van der Waals surface area contributed by atoms with Gasteiger partial charge in [-0.2, -0.15) is 4.98 Å². The minimum atomic E-state index is -0.227. The molecule has 2 rings (SSSR count). The first kappa shape index (κ1) is 10.8. The van der Waals surface area contributed by atoms with Gasteiger partial charge in [-0.15, -0.1) is 0 Å². The van der Waals surface area contributed by atoms with Crippen LogP contribution in [0, 0.1) is 0 Å². The number of nitrogens with zero attached hydrogens (tertiary/aromatic N) is 2. The fraction of sp³-hybridized carbons (Fsp3) is 0.333. The molecule has 0 saturated heterocycles. The molecule has 0 aliphatic heterocycles. The maximum absolute atomic E-state index is 6.00. The highest BCUT2D eigenvalue weighted by Crippen LogP contribution is 2.14. The highest BCUT2D eigenvalue weighted by atomic mass is 16.5. The van der Waals surface area contributed by atoms with E-state index in [1.165, 1.54) is 5.56 Å². The summed E-state index contributed by atoms with van der Waals surface area (Å²) in [5, 5.41) is 3.83. The normalized spacial score (nSPS) is 12.6. The van der Waals surface area contributed by atoms with Crippen LogP contribution in [-0.4, -0.2) is 10.1 Å². The maximum atomic E-state index is 6.00. The van der Waals surface area contributed by atoms with Crippen molar-refractivity contribution in [3.05, 3.63) is 47.6 Å². The highest BCUT2D eigenvalue weighted by Gasteiger charge is 2.14. The van der Waals surface area contributed by atoms with Gasteiger partial charge in [0.05, 0.1) is 6.04 Å². The molecule has 84 valence electrons. The summed E-state index contributed by atoms with van der Waals surface area (Å²) in [5.41, 5.74) is 7.17. The quantitative estimate of drug-likeness (QED) is 0.849. The lowest BCUT2D eigenvalue weighted by Crippen LogP contribution is -2.13. The molecule has 0 fully saturated rings. The van der Waals surface area contributed by atoms with Crippen molar-refractivity contribution in [2.24, 2.45) is 5.73 Å².